The highest BCUT2D eigenvalue weighted by atomic mass is 15.2. The minimum absolute atomic E-state index is 0.432. The summed E-state index contributed by atoms with van der Waals surface area (Å²) in [6.45, 7) is 0. The topological polar surface area (TPSA) is 52.8 Å². The molecular weight excluding hydrogens is 176 g/mol. The van der Waals surface area contributed by atoms with Crippen LogP contribution in [-0.4, -0.2) is 23.1 Å². The van der Waals surface area contributed by atoms with Gasteiger partial charge in [0.05, 0.1) is 0 Å². The van der Waals surface area contributed by atoms with Crippen LogP contribution in [0.4, 0.5) is 5.82 Å². The molecule has 1 saturated carbocycles. The first-order valence-corrected chi connectivity index (χ1v) is 4.76. The fraction of sp³-hybridized carbons (Fsp3) is 0.500. The van der Waals surface area contributed by atoms with E-state index in [4.69, 9.17) is 5.26 Å². The molecule has 0 atom stereocenters. The normalized spacial score (nSPS) is 15.7. The molecule has 4 heteroatoms. The summed E-state index contributed by atoms with van der Waals surface area (Å²) >= 11 is 0. The van der Waals surface area contributed by atoms with E-state index in [0.29, 0.717) is 11.7 Å². The fourth-order valence-electron chi connectivity index (χ4n) is 1.56. The lowest BCUT2D eigenvalue weighted by atomic mass is 9.92. The minimum atomic E-state index is 0.432. The van der Waals surface area contributed by atoms with Crippen LogP contribution < -0.4 is 4.90 Å². The van der Waals surface area contributed by atoms with Gasteiger partial charge >= 0.3 is 0 Å². The van der Waals surface area contributed by atoms with Gasteiger partial charge in [-0.15, -0.1) is 0 Å². The highest BCUT2D eigenvalue weighted by Crippen LogP contribution is 2.26. The largest absolute Gasteiger partial charge is 0.357 e. The molecule has 1 aliphatic rings. The van der Waals surface area contributed by atoms with Gasteiger partial charge in [0.1, 0.15) is 23.9 Å². The first kappa shape index (κ1) is 8.95. The lowest BCUT2D eigenvalue weighted by Crippen LogP contribution is -2.37. The van der Waals surface area contributed by atoms with Gasteiger partial charge in [-0.25, -0.2) is 9.97 Å². The second kappa shape index (κ2) is 3.62. The molecule has 72 valence electrons. The van der Waals surface area contributed by atoms with Crippen LogP contribution in [0.3, 0.4) is 0 Å². The van der Waals surface area contributed by atoms with Gasteiger partial charge in [-0.1, -0.05) is 0 Å². The van der Waals surface area contributed by atoms with Gasteiger partial charge in [0, 0.05) is 19.2 Å². The molecule has 0 radical (unpaired) electrons. The van der Waals surface area contributed by atoms with Crippen LogP contribution in [0.1, 0.15) is 25.0 Å². The number of hydrogen-bond acceptors (Lipinski definition) is 4. The molecule has 0 unspecified atom stereocenters. The maximum Gasteiger partial charge on any atom is 0.145 e. The SMILES string of the molecule is CN(c1cc(C#N)ncn1)C1CCC1. The molecule has 4 nitrogen and oxygen atoms in total. The summed E-state index contributed by atoms with van der Waals surface area (Å²) in [7, 11) is 2.02. The summed E-state index contributed by atoms with van der Waals surface area (Å²) in [6, 6.07) is 4.35. The maximum absolute atomic E-state index is 8.69. The lowest BCUT2D eigenvalue weighted by Gasteiger charge is -2.35. The number of aromatic nitrogens is 2. The maximum atomic E-state index is 8.69. The van der Waals surface area contributed by atoms with Crippen LogP contribution >= 0.6 is 0 Å². The van der Waals surface area contributed by atoms with E-state index < -0.39 is 0 Å². The van der Waals surface area contributed by atoms with Gasteiger partial charge in [-0.05, 0) is 19.3 Å². The molecular formula is C10H12N4. The molecule has 1 fully saturated rings. The predicted molar refractivity (Wildman–Crippen MR) is 52.8 cm³/mol. The van der Waals surface area contributed by atoms with Gasteiger partial charge < -0.3 is 4.90 Å². The van der Waals surface area contributed by atoms with Crippen LogP contribution in [0.2, 0.25) is 0 Å². The highest BCUT2D eigenvalue weighted by Gasteiger charge is 2.22. The summed E-state index contributed by atoms with van der Waals surface area (Å²) in [5.41, 5.74) is 0.432. The summed E-state index contributed by atoms with van der Waals surface area (Å²) in [5.74, 6) is 0.848. The Morgan fingerprint density at radius 1 is 1.50 bits per heavy atom. The van der Waals surface area contributed by atoms with Crippen LogP contribution in [-0.2, 0) is 0 Å². The van der Waals surface area contributed by atoms with Gasteiger partial charge in [-0.3, -0.25) is 0 Å². The van der Waals surface area contributed by atoms with Crippen molar-refractivity contribution in [1.82, 2.24) is 9.97 Å². The molecule has 14 heavy (non-hydrogen) atoms. The monoisotopic (exact) mass is 188 g/mol. The van der Waals surface area contributed by atoms with E-state index in [1.165, 1.54) is 25.6 Å². The molecule has 0 N–H and O–H groups in total. The van der Waals surface area contributed by atoms with E-state index in [9.17, 15) is 0 Å². The van der Waals surface area contributed by atoms with E-state index in [1.807, 2.05) is 13.1 Å². The molecule has 0 spiro atoms. The van der Waals surface area contributed by atoms with Crippen molar-refractivity contribution < 1.29 is 0 Å². The third-order valence-corrected chi connectivity index (χ3v) is 2.75. The average molecular weight is 188 g/mol. The quantitative estimate of drug-likeness (QED) is 0.702. The zero-order valence-corrected chi connectivity index (χ0v) is 8.14. The fourth-order valence-corrected chi connectivity index (χ4v) is 1.56. The number of rotatable bonds is 2. The van der Waals surface area contributed by atoms with Gasteiger partial charge in [0.25, 0.3) is 0 Å². The van der Waals surface area contributed by atoms with Crippen LogP contribution in [0.15, 0.2) is 12.4 Å². The third-order valence-electron chi connectivity index (χ3n) is 2.75. The molecule has 1 aromatic rings. The number of nitrogens with zero attached hydrogens (tertiary/aromatic N) is 4. The summed E-state index contributed by atoms with van der Waals surface area (Å²) in [5, 5.41) is 8.69. The van der Waals surface area contributed by atoms with Crippen LogP contribution in [0.25, 0.3) is 0 Å². The molecule has 2 rings (SSSR count). The lowest BCUT2D eigenvalue weighted by molar-refractivity contribution is 0.399. The third kappa shape index (κ3) is 1.53. The molecule has 0 bridgehead atoms. The van der Waals surface area contributed by atoms with Crippen LogP contribution in [0, 0.1) is 11.3 Å². The van der Waals surface area contributed by atoms with Crippen molar-refractivity contribution in [3.05, 3.63) is 18.1 Å². The zero-order valence-electron chi connectivity index (χ0n) is 8.14. The van der Waals surface area contributed by atoms with Crippen molar-refractivity contribution in [2.45, 2.75) is 25.3 Å². The minimum Gasteiger partial charge on any atom is -0.357 e. The summed E-state index contributed by atoms with van der Waals surface area (Å²) < 4.78 is 0. The van der Waals surface area contributed by atoms with E-state index in [1.54, 1.807) is 6.07 Å². The summed E-state index contributed by atoms with van der Waals surface area (Å²) in [4.78, 5) is 10.1. The average Bonchev–Trinajstić information content (AvgIpc) is 2.15. The number of anilines is 1. The van der Waals surface area contributed by atoms with Crippen molar-refractivity contribution >= 4 is 5.82 Å². The Bertz CT molecular complexity index is 365. The summed E-state index contributed by atoms with van der Waals surface area (Å²) in [6.07, 6.45) is 5.19. The van der Waals surface area contributed by atoms with Crippen molar-refractivity contribution in [2.75, 3.05) is 11.9 Å². The van der Waals surface area contributed by atoms with E-state index in [2.05, 4.69) is 14.9 Å². The number of nitriles is 1. The molecule has 1 heterocycles. The molecule has 1 aliphatic carbocycles. The zero-order chi connectivity index (χ0) is 9.97. The van der Waals surface area contributed by atoms with E-state index in [-0.39, 0.29) is 0 Å². The molecule has 1 aromatic heterocycles. The van der Waals surface area contributed by atoms with Gasteiger partial charge in [0.2, 0.25) is 0 Å². The van der Waals surface area contributed by atoms with Crippen molar-refractivity contribution in [3.63, 3.8) is 0 Å². The Morgan fingerprint density at radius 3 is 2.86 bits per heavy atom. The number of hydrogen-bond donors (Lipinski definition) is 0. The van der Waals surface area contributed by atoms with Gasteiger partial charge in [0.15, 0.2) is 0 Å². The van der Waals surface area contributed by atoms with E-state index in [0.717, 1.165) is 5.82 Å². The highest BCUT2D eigenvalue weighted by molar-refractivity contribution is 5.42. The second-order valence-corrected chi connectivity index (χ2v) is 3.57. The van der Waals surface area contributed by atoms with E-state index >= 15 is 0 Å². The first-order valence-electron chi connectivity index (χ1n) is 4.76. The molecule has 0 aromatic carbocycles. The Kier molecular flexibility index (Phi) is 2.32. The van der Waals surface area contributed by atoms with Crippen molar-refractivity contribution in [1.29, 1.82) is 5.26 Å². The molecule has 0 amide bonds. The predicted octanol–water partition coefficient (Wildman–Crippen LogP) is 1.34. The Labute approximate surface area is 83.2 Å². The first-order chi connectivity index (χ1) is 6.81. The Hall–Kier alpha value is -1.63. The Balaban J connectivity index is 2.18. The van der Waals surface area contributed by atoms with Crippen molar-refractivity contribution in [2.24, 2.45) is 0 Å². The van der Waals surface area contributed by atoms with Crippen molar-refractivity contribution in [3.8, 4) is 6.07 Å². The van der Waals surface area contributed by atoms with Gasteiger partial charge in [-0.2, -0.15) is 5.26 Å². The van der Waals surface area contributed by atoms with Crippen LogP contribution in [0.5, 0.6) is 0 Å². The standard InChI is InChI=1S/C10H12N4/c1-14(9-3-2-4-9)10-5-8(6-11)12-7-13-10/h5,7,9H,2-4H2,1H3. The Morgan fingerprint density at radius 2 is 2.29 bits per heavy atom. The molecule has 0 aliphatic heterocycles. The smallest absolute Gasteiger partial charge is 0.145 e. The molecule has 0 saturated heterocycles. The second-order valence-electron chi connectivity index (χ2n) is 3.57.